The Labute approximate surface area is 179 Å². The first-order valence-corrected chi connectivity index (χ1v) is 9.49. The second kappa shape index (κ2) is 9.49. The molecule has 2 aromatic heterocycles. The predicted molar refractivity (Wildman–Crippen MR) is 119 cm³/mol. The van der Waals surface area contributed by atoms with Crippen molar-refractivity contribution >= 4 is 35.2 Å². The van der Waals surface area contributed by atoms with Gasteiger partial charge in [0.25, 0.3) is 0 Å². The zero-order valence-corrected chi connectivity index (χ0v) is 17.0. The number of hydrogen-bond donors (Lipinski definition) is 4. The number of pyridine rings is 2. The maximum Gasteiger partial charge on any atom is 0.314 e. The van der Waals surface area contributed by atoms with Crippen LogP contribution >= 0.6 is 0 Å². The summed E-state index contributed by atoms with van der Waals surface area (Å²) in [5.74, 6) is -1.56. The molecule has 0 aliphatic rings. The average molecular weight is 417 g/mol. The highest BCUT2D eigenvalue weighted by Crippen LogP contribution is 2.24. The molecule has 2 amide bonds. The summed E-state index contributed by atoms with van der Waals surface area (Å²) >= 11 is 0. The quantitative estimate of drug-likeness (QED) is 0.356. The van der Waals surface area contributed by atoms with Gasteiger partial charge < -0.3 is 27.1 Å². The van der Waals surface area contributed by atoms with Gasteiger partial charge in [0.1, 0.15) is 5.82 Å². The molecule has 0 atom stereocenters. The molecule has 0 spiro atoms. The van der Waals surface area contributed by atoms with Crippen molar-refractivity contribution in [3.05, 3.63) is 77.2 Å². The van der Waals surface area contributed by atoms with Crippen LogP contribution in [0.25, 0.3) is 0 Å². The van der Waals surface area contributed by atoms with Gasteiger partial charge in [0.15, 0.2) is 0 Å². The number of carbonyl (C=O) groups is 2. The normalized spacial score (nSPS) is 10.4. The van der Waals surface area contributed by atoms with E-state index in [2.05, 4.69) is 15.3 Å². The van der Waals surface area contributed by atoms with Crippen molar-refractivity contribution < 1.29 is 9.59 Å². The molecule has 0 saturated carbocycles. The maximum absolute atomic E-state index is 13.1. The molecule has 0 radical (unpaired) electrons. The van der Waals surface area contributed by atoms with E-state index < -0.39 is 11.8 Å². The molecule has 0 saturated heterocycles. The zero-order valence-electron chi connectivity index (χ0n) is 17.0. The molecule has 2 heterocycles. The second-order valence-corrected chi connectivity index (χ2v) is 6.90. The highest BCUT2D eigenvalue weighted by atomic mass is 16.2. The first kappa shape index (κ1) is 21.4. The number of anilines is 3. The Bertz CT molecular complexity index is 1120. The Morgan fingerprint density at radius 3 is 2.52 bits per heavy atom. The summed E-state index contributed by atoms with van der Waals surface area (Å²) in [5, 5.41) is 9.89. The molecule has 1 aromatic carbocycles. The third-order valence-corrected chi connectivity index (χ3v) is 4.74. The molecule has 0 aliphatic carbocycles. The monoisotopic (exact) mass is 417 g/mol. The first-order chi connectivity index (χ1) is 14.9. The summed E-state index contributed by atoms with van der Waals surface area (Å²) in [7, 11) is 0. The van der Waals surface area contributed by atoms with E-state index in [-0.39, 0.29) is 35.8 Å². The summed E-state index contributed by atoms with van der Waals surface area (Å²) in [6, 6.07) is 13.1. The van der Waals surface area contributed by atoms with Crippen molar-refractivity contribution in [1.82, 2.24) is 14.9 Å². The smallest absolute Gasteiger partial charge is 0.314 e. The number of carbonyl (C=O) groups excluding carboxylic acids is 2. The van der Waals surface area contributed by atoms with E-state index in [0.717, 1.165) is 17.3 Å². The molecule has 3 aromatic rings. The Morgan fingerprint density at radius 1 is 1.10 bits per heavy atom. The van der Waals surface area contributed by atoms with E-state index in [0.29, 0.717) is 5.69 Å². The number of amides is 2. The number of hydrogen-bond acceptors (Lipinski definition) is 7. The van der Waals surface area contributed by atoms with Crippen LogP contribution in [0.1, 0.15) is 22.4 Å². The topological polar surface area (TPSA) is 151 Å². The van der Waals surface area contributed by atoms with E-state index in [9.17, 15) is 9.59 Å². The van der Waals surface area contributed by atoms with E-state index in [1.54, 1.807) is 6.20 Å². The van der Waals surface area contributed by atoms with Crippen LogP contribution in [0.2, 0.25) is 0 Å². The highest BCUT2D eigenvalue weighted by Gasteiger charge is 2.24. The van der Waals surface area contributed by atoms with Crippen molar-refractivity contribution in [1.29, 1.82) is 5.41 Å². The molecule has 158 valence electrons. The van der Waals surface area contributed by atoms with Crippen molar-refractivity contribution in [3.8, 4) is 0 Å². The van der Waals surface area contributed by atoms with E-state index in [1.807, 2.05) is 49.4 Å². The minimum atomic E-state index is -0.876. The van der Waals surface area contributed by atoms with Gasteiger partial charge in [-0.25, -0.2) is 4.98 Å². The lowest BCUT2D eigenvalue weighted by atomic mass is 10.1. The van der Waals surface area contributed by atoms with E-state index in [1.165, 1.54) is 11.1 Å². The Balaban J connectivity index is 1.86. The van der Waals surface area contributed by atoms with Crippen LogP contribution in [0.15, 0.2) is 54.9 Å². The third kappa shape index (κ3) is 5.02. The zero-order chi connectivity index (χ0) is 22.4. The average Bonchev–Trinajstić information content (AvgIpc) is 2.77. The minimum Gasteiger partial charge on any atom is -0.396 e. The molecular weight excluding hydrogens is 394 g/mol. The number of nitrogens with one attached hydrogen (secondary N) is 2. The molecule has 3 rings (SSSR count). The Kier molecular flexibility index (Phi) is 6.56. The number of rotatable bonds is 6. The van der Waals surface area contributed by atoms with Gasteiger partial charge in [0.2, 0.25) is 0 Å². The van der Waals surface area contributed by atoms with Gasteiger partial charge in [-0.1, -0.05) is 36.4 Å². The van der Waals surface area contributed by atoms with Crippen molar-refractivity contribution in [2.75, 3.05) is 16.8 Å². The van der Waals surface area contributed by atoms with Gasteiger partial charge >= 0.3 is 11.8 Å². The largest absolute Gasteiger partial charge is 0.396 e. The summed E-state index contributed by atoms with van der Waals surface area (Å²) in [4.78, 5) is 35.5. The number of aryl methyl sites for hydroxylation is 1. The van der Waals surface area contributed by atoms with Gasteiger partial charge in [-0.15, -0.1) is 0 Å². The van der Waals surface area contributed by atoms with Gasteiger partial charge in [-0.3, -0.25) is 14.6 Å². The summed E-state index contributed by atoms with van der Waals surface area (Å²) in [6.07, 6.45) is 3.85. The van der Waals surface area contributed by atoms with Crippen LogP contribution in [0.5, 0.6) is 0 Å². The van der Waals surface area contributed by atoms with Crippen LogP contribution < -0.4 is 16.8 Å². The molecule has 0 bridgehead atoms. The third-order valence-electron chi connectivity index (χ3n) is 4.74. The molecule has 31 heavy (non-hydrogen) atoms. The van der Waals surface area contributed by atoms with Gasteiger partial charge in [-0.2, -0.15) is 0 Å². The van der Waals surface area contributed by atoms with Gasteiger partial charge in [0.05, 0.1) is 35.4 Å². The predicted octanol–water partition coefficient (Wildman–Crippen LogP) is 2.11. The van der Waals surface area contributed by atoms with Crippen LogP contribution in [-0.4, -0.2) is 32.9 Å². The molecule has 9 heteroatoms. The number of nitrogens with zero attached hydrogens (tertiary/aromatic N) is 3. The molecular formula is C22H23N7O2. The molecule has 0 fully saturated rings. The SMILES string of the molecule is Cc1cccnc1CN(Cc1ccccc1)C(=O)C(=O)Nc1cnc(N)c(C=N)c1N. The lowest BCUT2D eigenvalue weighted by Crippen LogP contribution is -2.39. The summed E-state index contributed by atoms with van der Waals surface area (Å²) in [6.45, 7) is 2.28. The lowest BCUT2D eigenvalue weighted by Gasteiger charge is -2.23. The number of nitrogens with two attached hydrogens (primary N) is 2. The first-order valence-electron chi connectivity index (χ1n) is 9.49. The fraction of sp³-hybridized carbons (Fsp3) is 0.136. The van der Waals surface area contributed by atoms with Crippen molar-refractivity contribution in [2.24, 2.45) is 0 Å². The van der Waals surface area contributed by atoms with Gasteiger partial charge in [-0.05, 0) is 24.1 Å². The minimum absolute atomic E-state index is 0.0631. The van der Waals surface area contributed by atoms with E-state index >= 15 is 0 Å². The van der Waals surface area contributed by atoms with Crippen molar-refractivity contribution in [3.63, 3.8) is 0 Å². The van der Waals surface area contributed by atoms with Crippen LogP contribution in [0.4, 0.5) is 17.2 Å². The second-order valence-electron chi connectivity index (χ2n) is 6.90. The molecule has 0 aliphatic heterocycles. The maximum atomic E-state index is 13.1. The Morgan fingerprint density at radius 2 is 1.84 bits per heavy atom. The van der Waals surface area contributed by atoms with Crippen LogP contribution in [-0.2, 0) is 22.7 Å². The van der Waals surface area contributed by atoms with Crippen molar-refractivity contribution in [2.45, 2.75) is 20.0 Å². The van der Waals surface area contributed by atoms with Gasteiger partial charge in [0, 0.05) is 19.0 Å². The number of aromatic nitrogens is 2. The highest BCUT2D eigenvalue weighted by molar-refractivity contribution is 6.39. The fourth-order valence-electron chi connectivity index (χ4n) is 2.99. The number of benzene rings is 1. The fourth-order valence-corrected chi connectivity index (χ4v) is 2.99. The van der Waals surface area contributed by atoms with E-state index in [4.69, 9.17) is 16.9 Å². The van der Waals surface area contributed by atoms with Crippen LogP contribution in [0, 0.1) is 12.3 Å². The summed E-state index contributed by atoms with van der Waals surface area (Å²) in [5.41, 5.74) is 14.5. The molecule has 6 N–H and O–H groups in total. The standard InChI is InChI=1S/C22H23N7O2/c1-14-6-5-9-26-18(14)13-29(12-15-7-3-2-4-8-15)22(31)21(30)28-17-11-27-20(25)16(10-23)19(17)24/h2-11,23H,12-13H2,1H3,(H,28,30)(H4,24,25,27). The molecule has 9 nitrogen and oxygen atoms in total. The summed E-state index contributed by atoms with van der Waals surface area (Å²) < 4.78 is 0. The lowest BCUT2D eigenvalue weighted by molar-refractivity contribution is -0.144. The Hall–Kier alpha value is -4.27. The van der Waals surface area contributed by atoms with Crippen LogP contribution in [0.3, 0.4) is 0 Å². The molecule has 0 unspecified atom stereocenters. The number of nitrogen functional groups attached to an aromatic ring is 2.